The van der Waals surface area contributed by atoms with E-state index in [1.54, 1.807) is 5.51 Å². The lowest BCUT2D eigenvalue weighted by molar-refractivity contribution is 0.0710. The molecule has 4 nitrogen and oxygen atoms in total. The first kappa shape index (κ1) is 19.8. The molecule has 29 heavy (non-hydrogen) atoms. The van der Waals surface area contributed by atoms with Crippen LogP contribution in [-0.2, 0) is 6.42 Å². The third-order valence-electron chi connectivity index (χ3n) is 5.76. The average molecular weight is 406 g/mol. The van der Waals surface area contributed by atoms with Gasteiger partial charge in [0.25, 0.3) is 5.91 Å². The number of carbonyl (C=O) groups excluding carboxylic acids is 1. The molecule has 1 saturated heterocycles. The summed E-state index contributed by atoms with van der Waals surface area (Å²) >= 11 is 1.44. The minimum absolute atomic E-state index is 0.113. The number of thiazole rings is 1. The Bertz CT molecular complexity index is 1030. The van der Waals surface area contributed by atoms with Gasteiger partial charge in [-0.3, -0.25) is 9.78 Å². The third-order valence-corrected chi connectivity index (χ3v) is 6.67. The molecule has 1 aliphatic heterocycles. The summed E-state index contributed by atoms with van der Waals surface area (Å²) in [5, 5.41) is 0. The molecule has 0 radical (unpaired) electrons. The van der Waals surface area contributed by atoms with Crippen molar-refractivity contribution in [3.05, 3.63) is 80.6 Å². The second-order valence-electron chi connectivity index (χ2n) is 8.00. The van der Waals surface area contributed by atoms with Crippen molar-refractivity contribution >= 4 is 17.2 Å². The van der Waals surface area contributed by atoms with Crippen molar-refractivity contribution in [2.24, 2.45) is 0 Å². The van der Waals surface area contributed by atoms with Crippen LogP contribution in [0.2, 0.25) is 0 Å². The number of rotatable bonds is 4. The Hall–Kier alpha value is -2.53. The van der Waals surface area contributed by atoms with E-state index >= 15 is 0 Å². The summed E-state index contributed by atoms with van der Waals surface area (Å²) in [5.74, 6) is 0.402. The number of pyridine rings is 1. The lowest BCUT2D eigenvalue weighted by Gasteiger charge is -2.32. The van der Waals surface area contributed by atoms with E-state index in [0.29, 0.717) is 0 Å². The smallest absolute Gasteiger partial charge is 0.265 e. The van der Waals surface area contributed by atoms with Crippen molar-refractivity contribution in [3.8, 4) is 0 Å². The molecule has 0 N–H and O–H groups in total. The molecule has 0 aliphatic carbocycles. The van der Waals surface area contributed by atoms with Gasteiger partial charge in [0.1, 0.15) is 4.88 Å². The second kappa shape index (κ2) is 8.46. The van der Waals surface area contributed by atoms with E-state index in [1.165, 1.54) is 28.0 Å². The number of hydrogen-bond donors (Lipinski definition) is 0. The van der Waals surface area contributed by atoms with Gasteiger partial charge >= 0.3 is 0 Å². The fourth-order valence-electron chi connectivity index (χ4n) is 4.16. The van der Waals surface area contributed by atoms with Gasteiger partial charge in [-0.25, -0.2) is 4.98 Å². The molecule has 0 saturated carbocycles. The highest BCUT2D eigenvalue weighted by Crippen LogP contribution is 2.29. The van der Waals surface area contributed by atoms with E-state index in [4.69, 9.17) is 4.98 Å². The van der Waals surface area contributed by atoms with E-state index in [0.717, 1.165) is 54.3 Å². The van der Waals surface area contributed by atoms with Crippen LogP contribution < -0.4 is 0 Å². The average Bonchev–Trinajstić information content (AvgIpc) is 3.15. The lowest BCUT2D eigenvalue weighted by Crippen LogP contribution is -2.39. The van der Waals surface area contributed by atoms with Crippen molar-refractivity contribution in [1.29, 1.82) is 0 Å². The van der Waals surface area contributed by atoms with Gasteiger partial charge in [0.05, 0.1) is 11.2 Å². The molecular weight excluding hydrogens is 378 g/mol. The molecule has 1 aliphatic rings. The maximum atomic E-state index is 12.9. The number of aryl methyl sites for hydroxylation is 3. The van der Waals surface area contributed by atoms with Gasteiger partial charge in [-0.15, -0.1) is 11.3 Å². The third kappa shape index (κ3) is 4.40. The van der Waals surface area contributed by atoms with Gasteiger partial charge < -0.3 is 4.90 Å². The molecule has 0 bridgehead atoms. The van der Waals surface area contributed by atoms with Gasteiger partial charge in [0.15, 0.2) is 0 Å². The van der Waals surface area contributed by atoms with Crippen molar-refractivity contribution in [3.63, 3.8) is 0 Å². The van der Waals surface area contributed by atoms with Crippen LogP contribution in [0.25, 0.3) is 0 Å². The fourth-order valence-corrected chi connectivity index (χ4v) is 4.93. The number of carbonyl (C=O) groups is 1. The summed E-state index contributed by atoms with van der Waals surface area (Å²) in [7, 11) is 0. The molecule has 0 unspecified atom stereocenters. The quantitative estimate of drug-likeness (QED) is 0.608. The highest BCUT2D eigenvalue weighted by molar-refractivity contribution is 7.11. The van der Waals surface area contributed by atoms with Crippen LogP contribution >= 0.6 is 11.3 Å². The molecule has 2 aromatic heterocycles. The van der Waals surface area contributed by atoms with Gasteiger partial charge in [-0.1, -0.05) is 24.3 Å². The largest absolute Gasteiger partial charge is 0.337 e. The van der Waals surface area contributed by atoms with Crippen molar-refractivity contribution < 1.29 is 4.79 Å². The first-order chi connectivity index (χ1) is 14.0. The Labute approximate surface area is 176 Å². The second-order valence-corrected chi connectivity index (χ2v) is 8.86. The minimum atomic E-state index is 0.113. The molecule has 5 heteroatoms. The number of benzene rings is 1. The number of aromatic nitrogens is 2. The number of likely N-dealkylation sites (tertiary alicyclic amines) is 1. The summed E-state index contributed by atoms with van der Waals surface area (Å²) < 4.78 is 0. The predicted octanol–water partition coefficient (Wildman–Crippen LogP) is 5.07. The Morgan fingerprint density at radius 1 is 1.21 bits per heavy atom. The van der Waals surface area contributed by atoms with Crippen LogP contribution in [0.15, 0.2) is 41.9 Å². The van der Waals surface area contributed by atoms with Crippen molar-refractivity contribution in [2.75, 3.05) is 13.1 Å². The molecule has 3 heterocycles. The van der Waals surface area contributed by atoms with E-state index in [1.807, 2.05) is 11.8 Å². The standard InChI is InChI=1S/C24H27N3OS/c1-16-7-4-5-8-20(16)12-19-11-17(2)26-22(13-19)21-9-6-10-27(14-21)24(28)23-18(3)25-15-29-23/h4-5,7-8,11,13,15,21H,6,9-10,12,14H2,1-3H3/t21-/m0/s1. The first-order valence-electron chi connectivity index (χ1n) is 10.2. The highest BCUT2D eigenvalue weighted by Gasteiger charge is 2.28. The highest BCUT2D eigenvalue weighted by atomic mass is 32.1. The zero-order chi connectivity index (χ0) is 20.4. The van der Waals surface area contributed by atoms with E-state index in [-0.39, 0.29) is 11.8 Å². The van der Waals surface area contributed by atoms with Crippen LogP contribution in [0.5, 0.6) is 0 Å². The predicted molar refractivity (Wildman–Crippen MR) is 118 cm³/mol. The SMILES string of the molecule is Cc1cc(Cc2ccccc2C)cc([C@H]2CCCN(C(=O)c3scnc3C)C2)n1. The molecular formula is C24H27N3OS. The molecule has 1 amide bonds. The van der Waals surface area contributed by atoms with Gasteiger partial charge in [0, 0.05) is 30.4 Å². The summed E-state index contributed by atoms with van der Waals surface area (Å²) in [6.07, 6.45) is 3.00. The zero-order valence-electron chi connectivity index (χ0n) is 17.3. The Morgan fingerprint density at radius 2 is 2.03 bits per heavy atom. The number of piperidine rings is 1. The van der Waals surface area contributed by atoms with Gasteiger partial charge in [-0.05, 0) is 68.9 Å². The number of amides is 1. The van der Waals surface area contributed by atoms with E-state index < -0.39 is 0 Å². The lowest BCUT2D eigenvalue weighted by atomic mass is 9.91. The molecule has 0 spiro atoms. The monoisotopic (exact) mass is 405 g/mol. The van der Waals surface area contributed by atoms with Crippen LogP contribution in [0, 0.1) is 20.8 Å². The molecule has 3 aromatic rings. The Balaban J connectivity index is 1.54. The molecule has 1 atom stereocenters. The molecule has 4 rings (SSSR count). The van der Waals surface area contributed by atoms with Crippen molar-refractivity contribution in [2.45, 2.75) is 46.0 Å². The topological polar surface area (TPSA) is 46.1 Å². The Morgan fingerprint density at radius 3 is 2.79 bits per heavy atom. The normalized spacial score (nSPS) is 16.8. The first-order valence-corrected chi connectivity index (χ1v) is 11.1. The summed E-state index contributed by atoms with van der Waals surface area (Å²) in [5.41, 5.74) is 8.71. The summed E-state index contributed by atoms with van der Waals surface area (Å²) in [6.45, 7) is 7.68. The Kier molecular flexibility index (Phi) is 5.76. The summed E-state index contributed by atoms with van der Waals surface area (Å²) in [6, 6.07) is 13.0. The maximum Gasteiger partial charge on any atom is 0.265 e. The van der Waals surface area contributed by atoms with Crippen molar-refractivity contribution in [1.82, 2.24) is 14.9 Å². The van der Waals surface area contributed by atoms with Crippen LogP contribution in [0.1, 0.15) is 62.2 Å². The van der Waals surface area contributed by atoms with Crippen LogP contribution in [0.4, 0.5) is 0 Å². The van der Waals surface area contributed by atoms with Gasteiger partial charge in [-0.2, -0.15) is 0 Å². The van der Waals surface area contributed by atoms with Crippen LogP contribution in [0.3, 0.4) is 0 Å². The molecule has 150 valence electrons. The van der Waals surface area contributed by atoms with Gasteiger partial charge in [0.2, 0.25) is 0 Å². The van der Waals surface area contributed by atoms with E-state index in [2.05, 4.69) is 55.2 Å². The number of hydrogen-bond acceptors (Lipinski definition) is 4. The molecule has 1 fully saturated rings. The van der Waals surface area contributed by atoms with E-state index in [9.17, 15) is 4.79 Å². The summed E-state index contributed by atoms with van der Waals surface area (Å²) in [4.78, 5) is 24.8. The number of nitrogens with zero attached hydrogens (tertiary/aromatic N) is 3. The minimum Gasteiger partial charge on any atom is -0.337 e. The maximum absolute atomic E-state index is 12.9. The van der Waals surface area contributed by atoms with Crippen LogP contribution in [-0.4, -0.2) is 33.9 Å². The fraction of sp³-hybridized carbons (Fsp3) is 0.375. The molecule has 1 aromatic carbocycles. The zero-order valence-corrected chi connectivity index (χ0v) is 18.1.